The van der Waals surface area contributed by atoms with Gasteiger partial charge in [-0.15, -0.1) is 0 Å². The summed E-state index contributed by atoms with van der Waals surface area (Å²) < 4.78 is 6.22. The third-order valence-corrected chi connectivity index (χ3v) is 6.98. The number of nitrogens with zero attached hydrogens (tertiary/aromatic N) is 1. The molecule has 4 aliphatic heterocycles. The summed E-state index contributed by atoms with van der Waals surface area (Å²) in [5, 5.41) is 16.5. The largest absolute Gasteiger partial charge is 0.385 e. The van der Waals surface area contributed by atoms with Crippen LogP contribution in [-0.2, 0) is 19.8 Å². The molecule has 6 heteroatoms. The number of aliphatic hydroxyl groups is 1. The zero-order valence-electron chi connectivity index (χ0n) is 15.1. The lowest BCUT2D eigenvalue weighted by Crippen LogP contribution is -2.60. The maximum absolute atomic E-state index is 13.6. The van der Waals surface area contributed by atoms with E-state index >= 15 is 0 Å². The highest BCUT2D eigenvalue weighted by Gasteiger charge is 2.66. The fourth-order valence-electron chi connectivity index (χ4n) is 5.69. The molecule has 1 aromatic rings. The van der Waals surface area contributed by atoms with E-state index in [1.54, 1.807) is 0 Å². The minimum Gasteiger partial charge on any atom is -0.385 e. The molecule has 5 atom stereocenters. The highest BCUT2D eigenvalue weighted by atomic mass is 16.7. The summed E-state index contributed by atoms with van der Waals surface area (Å²) in [5.74, 6) is -0.138. The van der Waals surface area contributed by atoms with Gasteiger partial charge >= 0.3 is 0 Å². The number of benzene rings is 1. The lowest BCUT2D eigenvalue weighted by atomic mass is 9.71. The molecule has 0 aromatic heterocycles. The van der Waals surface area contributed by atoms with Crippen LogP contribution in [0.15, 0.2) is 35.9 Å². The molecular weight excluding hydrogens is 332 g/mol. The van der Waals surface area contributed by atoms with Crippen molar-refractivity contribution in [2.45, 2.75) is 42.9 Å². The van der Waals surface area contributed by atoms with Crippen LogP contribution in [0.25, 0.3) is 0 Å². The van der Waals surface area contributed by atoms with Crippen LogP contribution < -0.4 is 10.4 Å². The summed E-state index contributed by atoms with van der Waals surface area (Å²) in [4.78, 5) is 19.0. The van der Waals surface area contributed by atoms with Crippen molar-refractivity contribution in [1.82, 2.24) is 5.32 Å². The molecule has 6 nitrogen and oxygen atoms in total. The van der Waals surface area contributed by atoms with Crippen LogP contribution in [0.3, 0.4) is 0 Å². The molecule has 4 heterocycles. The number of fused-ring (bicyclic) bond motifs is 2. The quantitative estimate of drug-likeness (QED) is 0.742. The highest BCUT2D eigenvalue weighted by molar-refractivity contribution is 6.07. The molecule has 5 aliphatic rings. The number of anilines is 1. The highest BCUT2D eigenvalue weighted by Crippen LogP contribution is 2.57. The first-order valence-corrected chi connectivity index (χ1v) is 9.27. The van der Waals surface area contributed by atoms with Gasteiger partial charge < -0.3 is 15.2 Å². The average molecular weight is 356 g/mol. The maximum Gasteiger partial charge on any atom is 0.264 e. The fourth-order valence-corrected chi connectivity index (χ4v) is 5.69. The third kappa shape index (κ3) is 1.78. The van der Waals surface area contributed by atoms with E-state index in [-0.39, 0.29) is 24.0 Å². The Morgan fingerprint density at radius 2 is 2.19 bits per heavy atom. The number of carbonyl (C=O) groups is 1. The lowest BCUT2D eigenvalue weighted by molar-refractivity contribution is -0.152. The SMILES string of the molecule is C/C=C1/CN[C@H]2C[C@@]3(C(=O)N(OC)c4ccccc43)[C@H]3C[C@]1(O)[C@@H]2CO3. The number of hydrogen-bond donors (Lipinski definition) is 2. The van der Waals surface area contributed by atoms with E-state index in [1.807, 2.05) is 37.3 Å². The van der Waals surface area contributed by atoms with Gasteiger partial charge in [-0.3, -0.25) is 9.63 Å². The summed E-state index contributed by atoms with van der Waals surface area (Å²) in [7, 11) is 1.52. The van der Waals surface area contributed by atoms with Crippen molar-refractivity contribution >= 4 is 11.6 Å². The van der Waals surface area contributed by atoms with E-state index in [1.165, 1.54) is 12.2 Å². The number of para-hydroxylation sites is 1. The zero-order valence-corrected chi connectivity index (χ0v) is 15.1. The van der Waals surface area contributed by atoms with Crippen LogP contribution in [-0.4, -0.2) is 49.0 Å². The summed E-state index contributed by atoms with van der Waals surface area (Å²) in [6.45, 7) is 3.08. The lowest BCUT2D eigenvalue weighted by Gasteiger charge is -2.48. The molecule has 1 aliphatic carbocycles. The summed E-state index contributed by atoms with van der Waals surface area (Å²) in [6, 6.07) is 7.79. The Hall–Kier alpha value is -1.73. The maximum atomic E-state index is 13.6. The Labute approximate surface area is 152 Å². The second-order valence-electron chi connectivity index (χ2n) is 7.83. The van der Waals surface area contributed by atoms with Gasteiger partial charge in [-0.2, -0.15) is 5.06 Å². The molecule has 6 rings (SSSR count). The van der Waals surface area contributed by atoms with Crippen molar-refractivity contribution in [3.63, 3.8) is 0 Å². The Balaban J connectivity index is 1.71. The van der Waals surface area contributed by atoms with Crippen LogP contribution in [0.1, 0.15) is 25.3 Å². The Kier molecular flexibility index (Phi) is 3.41. The molecule has 1 spiro atoms. The van der Waals surface area contributed by atoms with Crippen molar-refractivity contribution in [2.24, 2.45) is 5.92 Å². The molecule has 2 N–H and O–H groups in total. The van der Waals surface area contributed by atoms with Crippen LogP contribution in [0, 0.1) is 5.92 Å². The summed E-state index contributed by atoms with van der Waals surface area (Å²) in [6.07, 6.45) is 2.67. The minimum atomic E-state index is -0.910. The van der Waals surface area contributed by atoms with Gasteiger partial charge in [-0.05, 0) is 30.5 Å². The van der Waals surface area contributed by atoms with Gasteiger partial charge in [0.1, 0.15) is 5.41 Å². The first-order chi connectivity index (χ1) is 12.6. The summed E-state index contributed by atoms with van der Waals surface area (Å²) >= 11 is 0. The van der Waals surface area contributed by atoms with Gasteiger partial charge in [0.25, 0.3) is 5.91 Å². The van der Waals surface area contributed by atoms with E-state index in [2.05, 4.69) is 5.32 Å². The normalized spacial score (nSPS) is 42.4. The van der Waals surface area contributed by atoms with Gasteiger partial charge in [0.2, 0.25) is 0 Å². The first-order valence-electron chi connectivity index (χ1n) is 9.27. The molecule has 1 aromatic carbocycles. The van der Waals surface area contributed by atoms with E-state index in [0.29, 0.717) is 26.0 Å². The molecule has 1 saturated carbocycles. The van der Waals surface area contributed by atoms with E-state index in [0.717, 1.165) is 16.8 Å². The number of nitrogens with one attached hydrogen (secondary N) is 1. The summed E-state index contributed by atoms with van der Waals surface area (Å²) in [5.41, 5.74) is 0.991. The van der Waals surface area contributed by atoms with E-state index in [9.17, 15) is 9.90 Å². The molecule has 4 bridgehead atoms. The molecule has 26 heavy (non-hydrogen) atoms. The first kappa shape index (κ1) is 16.4. The van der Waals surface area contributed by atoms with Crippen LogP contribution in [0.5, 0.6) is 0 Å². The number of piperidine rings is 1. The van der Waals surface area contributed by atoms with E-state index in [4.69, 9.17) is 9.57 Å². The average Bonchev–Trinajstić information content (AvgIpc) is 2.74. The molecule has 0 unspecified atom stereocenters. The molecule has 0 radical (unpaired) electrons. The van der Waals surface area contributed by atoms with Gasteiger partial charge in [0.05, 0.1) is 31.1 Å². The topological polar surface area (TPSA) is 71.0 Å². The van der Waals surface area contributed by atoms with E-state index < -0.39 is 11.0 Å². The monoisotopic (exact) mass is 356 g/mol. The molecular formula is C20H24N2O4. The number of hydrogen-bond acceptors (Lipinski definition) is 5. The van der Waals surface area contributed by atoms with Crippen LogP contribution in [0.2, 0.25) is 0 Å². The Morgan fingerprint density at radius 3 is 2.96 bits per heavy atom. The van der Waals surface area contributed by atoms with Gasteiger partial charge in [-0.1, -0.05) is 24.3 Å². The second-order valence-corrected chi connectivity index (χ2v) is 7.83. The molecule has 138 valence electrons. The van der Waals surface area contributed by atoms with Crippen molar-refractivity contribution < 1.29 is 19.5 Å². The molecule has 1 amide bonds. The van der Waals surface area contributed by atoms with Crippen molar-refractivity contribution in [3.05, 3.63) is 41.5 Å². The number of hydroxylamine groups is 1. The van der Waals surface area contributed by atoms with Gasteiger partial charge in [0.15, 0.2) is 0 Å². The van der Waals surface area contributed by atoms with Gasteiger partial charge in [-0.25, -0.2) is 0 Å². The molecule has 4 fully saturated rings. The number of ether oxygens (including phenoxy) is 1. The third-order valence-electron chi connectivity index (χ3n) is 6.98. The predicted octanol–water partition coefficient (Wildman–Crippen LogP) is 1.29. The number of rotatable bonds is 1. The van der Waals surface area contributed by atoms with Crippen molar-refractivity contribution in [2.75, 3.05) is 25.3 Å². The Morgan fingerprint density at radius 1 is 1.38 bits per heavy atom. The fraction of sp³-hybridized carbons (Fsp3) is 0.550. The Bertz CT molecular complexity index is 809. The predicted molar refractivity (Wildman–Crippen MR) is 95.6 cm³/mol. The number of carbonyl (C=O) groups excluding carboxylic acids is 1. The smallest absolute Gasteiger partial charge is 0.264 e. The standard InChI is InChI=1S/C20H24N2O4/c1-3-12-10-21-15-8-19(17-9-20(12,24)14(15)11-26-17)13-6-4-5-7-16(13)22(25-2)18(19)23/h3-7,14-15,17,21,24H,8-11H2,1-2H3/b12-3-/t14-,15+,17-,19+,20-/m1/s1. The molecule has 3 saturated heterocycles. The van der Waals surface area contributed by atoms with Crippen LogP contribution >= 0.6 is 0 Å². The second kappa shape index (κ2) is 5.39. The zero-order chi connectivity index (χ0) is 18.1. The van der Waals surface area contributed by atoms with Crippen molar-refractivity contribution in [3.8, 4) is 0 Å². The van der Waals surface area contributed by atoms with Crippen LogP contribution in [0.4, 0.5) is 5.69 Å². The number of allylic oxidation sites excluding steroid dienone is 1. The minimum absolute atomic E-state index is 0.0185. The van der Waals surface area contributed by atoms with Crippen molar-refractivity contribution in [1.29, 1.82) is 0 Å². The number of amides is 1. The van der Waals surface area contributed by atoms with Gasteiger partial charge in [0, 0.05) is 24.9 Å².